The van der Waals surface area contributed by atoms with Crippen LogP contribution in [0.25, 0.3) is 10.1 Å². The van der Waals surface area contributed by atoms with Crippen LogP contribution < -0.4 is 0 Å². The summed E-state index contributed by atoms with van der Waals surface area (Å²) in [7, 11) is 0. The first-order chi connectivity index (χ1) is 6.24. The number of hydrogen-bond acceptors (Lipinski definition) is 1. The Kier molecular flexibility index (Phi) is 2.39. The number of aryl methyl sites for hydroxylation is 1. The molecule has 1 aromatic heterocycles. The van der Waals surface area contributed by atoms with Gasteiger partial charge >= 0.3 is 0 Å². The molecule has 0 radical (unpaired) electrons. The van der Waals surface area contributed by atoms with Crippen molar-refractivity contribution in [2.45, 2.75) is 13.3 Å². The molecular formula is C10H8BrFS. The standard InChI is InChI=1S/C10H8BrFS/c1-2-8-9(12)6-4-3-5-7(11)10(6)13-8/h3-5H,2H2,1H3. The number of thiophene rings is 1. The van der Waals surface area contributed by atoms with Gasteiger partial charge in [0, 0.05) is 14.7 Å². The number of halogens is 2. The molecule has 0 aliphatic heterocycles. The van der Waals surface area contributed by atoms with Crippen molar-refractivity contribution in [1.29, 1.82) is 0 Å². The van der Waals surface area contributed by atoms with Crippen molar-refractivity contribution in [3.8, 4) is 0 Å². The first kappa shape index (κ1) is 9.16. The fraction of sp³-hybridized carbons (Fsp3) is 0.200. The molecule has 0 saturated carbocycles. The lowest BCUT2D eigenvalue weighted by Gasteiger charge is -1.90. The SMILES string of the molecule is CCc1sc2c(Br)cccc2c1F. The van der Waals surface area contributed by atoms with Crippen molar-refractivity contribution in [2.24, 2.45) is 0 Å². The molecule has 0 aliphatic rings. The summed E-state index contributed by atoms with van der Waals surface area (Å²) in [5, 5.41) is 0.733. The second-order valence-electron chi connectivity index (χ2n) is 2.81. The summed E-state index contributed by atoms with van der Waals surface area (Å²) < 4.78 is 15.6. The molecule has 3 heteroatoms. The second-order valence-corrected chi connectivity index (χ2v) is 4.77. The van der Waals surface area contributed by atoms with Crippen molar-refractivity contribution in [2.75, 3.05) is 0 Å². The highest BCUT2D eigenvalue weighted by Gasteiger charge is 2.11. The monoisotopic (exact) mass is 258 g/mol. The van der Waals surface area contributed by atoms with E-state index in [2.05, 4.69) is 15.9 Å². The molecule has 1 heterocycles. The third-order valence-corrected chi connectivity index (χ3v) is 4.28. The number of hydrogen-bond donors (Lipinski definition) is 0. The maximum atomic E-state index is 13.6. The molecule has 0 saturated heterocycles. The van der Waals surface area contributed by atoms with E-state index in [1.54, 1.807) is 0 Å². The first-order valence-corrected chi connectivity index (χ1v) is 5.70. The van der Waals surface area contributed by atoms with Crippen LogP contribution in [0.2, 0.25) is 0 Å². The van der Waals surface area contributed by atoms with Crippen LogP contribution in [0.4, 0.5) is 4.39 Å². The van der Waals surface area contributed by atoms with Gasteiger partial charge in [-0.05, 0) is 28.4 Å². The molecule has 2 aromatic rings. The molecule has 13 heavy (non-hydrogen) atoms. The van der Waals surface area contributed by atoms with Crippen LogP contribution in [-0.2, 0) is 6.42 Å². The van der Waals surface area contributed by atoms with Crippen LogP contribution in [0.1, 0.15) is 11.8 Å². The average molecular weight is 259 g/mol. The van der Waals surface area contributed by atoms with Crippen molar-refractivity contribution >= 4 is 37.4 Å². The van der Waals surface area contributed by atoms with Gasteiger partial charge in [0.25, 0.3) is 0 Å². The van der Waals surface area contributed by atoms with E-state index in [-0.39, 0.29) is 5.82 Å². The summed E-state index contributed by atoms with van der Waals surface area (Å²) >= 11 is 4.95. The Hall–Kier alpha value is -0.410. The number of rotatable bonds is 1. The molecule has 0 atom stereocenters. The van der Waals surface area contributed by atoms with Gasteiger partial charge in [0.05, 0.1) is 4.70 Å². The van der Waals surface area contributed by atoms with Crippen LogP contribution in [0.15, 0.2) is 22.7 Å². The van der Waals surface area contributed by atoms with E-state index in [0.717, 1.165) is 25.9 Å². The molecule has 0 amide bonds. The number of benzene rings is 1. The van der Waals surface area contributed by atoms with E-state index < -0.39 is 0 Å². The Morgan fingerprint density at radius 2 is 2.23 bits per heavy atom. The topological polar surface area (TPSA) is 0 Å². The van der Waals surface area contributed by atoms with Crippen LogP contribution in [0, 0.1) is 5.82 Å². The highest BCUT2D eigenvalue weighted by molar-refractivity contribution is 9.10. The number of fused-ring (bicyclic) bond motifs is 1. The molecule has 0 aliphatic carbocycles. The fourth-order valence-corrected chi connectivity index (χ4v) is 2.96. The van der Waals surface area contributed by atoms with Gasteiger partial charge in [-0.25, -0.2) is 4.39 Å². The third-order valence-electron chi connectivity index (χ3n) is 1.99. The minimum Gasteiger partial charge on any atom is -0.205 e. The summed E-state index contributed by atoms with van der Waals surface area (Å²) in [6.45, 7) is 1.97. The van der Waals surface area contributed by atoms with Gasteiger partial charge in [-0.2, -0.15) is 0 Å². The Morgan fingerprint density at radius 1 is 1.46 bits per heavy atom. The predicted molar refractivity (Wildman–Crippen MR) is 58.9 cm³/mol. The fourth-order valence-electron chi connectivity index (χ4n) is 1.33. The minimum atomic E-state index is -0.0520. The van der Waals surface area contributed by atoms with Gasteiger partial charge < -0.3 is 0 Å². The normalized spacial score (nSPS) is 11.0. The van der Waals surface area contributed by atoms with E-state index in [0.29, 0.717) is 0 Å². The Labute approximate surface area is 88.5 Å². The van der Waals surface area contributed by atoms with E-state index in [9.17, 15) is 4.39 Å². The largest absolute Gasteiger partial charge is 0.205 e. The molecule has 2 rings (SSSR count). The van der Waals surface area contributed by atoms with Crippen LogP contribution in [0.3, 0.4) is 0 Å². The third kappa shape index (κ3) is 1.40. The van der Waals surface area contributed by atoms with Gasteiger partial charge in [0.15, 0.2) is 0 Å². The lowest BCUT2D eigenvalue weighted by Crippen LogP contribution is -1.76. The van der Waals surface area contributed by atoms with Crippen molar-refractivity contribution in [1.82, 2.24) is 0 Å². The minimum absolute atomic E-state index is 0.0520. The summed E-state index contributed by atoms with van der Waals surface area (Å²) in [4.78, 5) is 0.835. The maximum Gasteiger partial charge on any atom is 0.144 e. The van der Waals surface area contributed by atoms with Gasteiger partial charge in [-0.15, -0.1) is 11.3 Å². The smallest absolute Gasteiger partial charge is 0.144 e. The van der Waals surface area contributed by atoms with Gasteiger partial charge in [0.2, 0.25) is 0 Å². The highest BCUT2D eigenvalue weighted by atomic mass is 79.9. The molecule has 0 unspecified atom stereocenters. The lowest BCUT2D eigenvalue weighted by atomic mass is 10.2. The maximum absolute atomic E-state index is 13.6. The highest BCUT2D eigenvalue weighted by Crippen LogP contribution is 2.35. The van der Waals surface area contributed by atoms with E-state index in [4.69, 9.17) is 0 Å². The molecule has 0 spiro atoms. The van der Waals surface area contributed by atoms with Crippen molar-refractivity contribution in [3.05, 3.63) is 33.4 Å². The van der Waals surface area contributed by atoms with Gasteiger partial charge in [0.1, 0.15) is 5.82 Å². The Balaban J connectivity index is 2.83. The summed E-state index contributed by atoms with van der Waals surface area (Å²) in [5.41, 5.74) is 0. The molecule has 0 fully saturated rings. The lowest BCUT2D eigenvalue weighted by molar-refractivity contribution is 0.631. The predicted octanol–water partition coefficient (Wildman–Crippen LogP) is 4.37. The van der Waals surface area contributed by atoms with Crippen molar-refractivity contribution < 1.29 is 4.39 Å². The van der Waals surface area contributed by atoms with Crippen LogP contribution in [-0.4, -0.2) is 0 Å². The van der Waals surface area contributed by atoms with Crippen molar-refractivity contribution in [3.63, 3.8) is 0 Å². The molecule has 68 valence electrons. The quantitative estimate of drug-likeness (QED) is 0.713. The molecular weight excluding hydrogens is 251 g/mol. The Morgan fingerprint density at radius 3 is 2.85 bits per heavy atom. The van der Waals surface area contributed by atoms with Crippen LogP contribution in [0.5, 0.6) is 0 Å². The van der Waals surface area contributed by atoms with Crippen LogP contribution >= 0.6 is 27.3 Å². The zero-order valence-electron chi connectivity index (χ0n) is 7.10. The summed E-state index contributed by atoms with van der Waals surface area (Å²) in [6, 6.07) is 5.63. The molecule has 0 nitrogen and oxygen atoms in total. The molecule has 1 aromatic carbocycles. The Bertz CT molecular complexity index is 447. The van der Waals surface area contributed by atoms with E-state index in [1.807, 2.05) is 25.1 Å². The summed E-state index contributed by atoms with van der Waals surface area (Å²) in [5.74, 6) is -0.0520. The first-order valence-electron chi connectivity index (χ1n) is 4.09. The van der Waals surface area contributed by atoms with Gasteiger partial charge in [-0.3, -0.25) is 0 Å². The second kappa shape index (κ2) is 3.39. The molecule has 0 N–H and O–H groups in total. The zero-order chi connectivity index (χ0) is 9.42. The zero-order valence-corrected chi connectivity index (χ0v) is 9.51. The molecule has 0 bridgehead atoms. The van der Waals surface area contributed by atoms with E-state index in [1.165, 1.54) is 11.3 Å². The van der Waals surface area contributed by atoms with Gasteiger partial charge in [-0.1, -0.05) is 19.1 Å². The van der Waals surface area contributed by atoms with E-state index >= 15 is 0 Å². The summed E-state index contributed by atoms with van der Waals surface area (Å²) in [6.07, 6.45) is 0.762. The average Bonchev–Trinajstić information content (AvgIpc) is 2.45.